The molecular formula is C39H43ClN6O4S. The van der Waals surface area contributed by atoms with Crippen LogP contribution in [0.2, 0.25) is 5.02 Å². The lowest BCUT2D eigenvalue weighted by molar-refractivity contribution is -0.122. The molecule has 0 radical (unpaired) electrons. The Bertz CT molecular complexity index is 2060. The van der Waals surface area contributed by atoms with Crippen LogP contribution in [0.3, 0.4) is 0 Å². The number of halogens is 1. The summed E-state index contributed by atoms with van der Waals surface area (Å²) in [6.07, 6.45) is 4.83. The van der Waals surface area contributed by atoms with Gasteiger partial charge in [0.15, 0.2) is 0 Å². The summed E-state index contributed by atoms with van der Waals surface area (Å²) < 4.78 is 2.09. The van der Waals surface area contributed by atoms with E-state index in [1.54, 1.807) is 29.5 Å². The maximum absolute atomic E-state index is 13.3. The predicted octanol–water partition coefficient (Wildman–Crippen LogP) is 7.21. The van der Waals surface area contributed by atoms with E-state index in [1.807, 2.05) is 52.0 Å². The fourth-order valence-electron chi connectivity index (χ4n) is 6.81. The fraction of sp³-hybridized carbons (Fsp3) is 0.385. The van der Waals surface area contributed by atoms with Crippen molar-refractivity contribution in [2.45, 2.75) is 91.6 Å². The van der Waals surface area contributed by atoms with Crippen LogP contribution in [0.25, 0.3) is 10.6 Å². The Kier molecular flexibility index (Phi) is 10.3. The van der Waals surface area contributed by atoms with Crippen LogP contribution in [-0.4, -0.2) is 55.4 Å². The van der Waals surface area contributed by atoms with Crippen molar-refractivity contribution >= 4 is 52.1 Å². The van der Waals surface area contributed by atoms with Crippen LogP contribution >= 0.6 is 22.9 Å². The molecule has 51 heavy (non-hydrogen) atoms. The average molecular weight is 727 g/mol. The Balaban J connectivity index is 1.02. The van der Waals surface area contributed by atoms with Gasteiger partial charge in [0.05, 0.1) is 11.1 Å². The monoisotopic (exact) mass is 726 g/mol. The molecule has 0 aliphatic carbocycles. The highest BCUT2D eigenvalue weighted by Gasteiger charge is 2.43. The first-order valence-electron chi connectivity index (χ1n) is 17.3. The highest BCUT2D eigenvalue weighted by molar-refractivity contribution is 7.15. The third kappa shape index (κ3) is 7.27. The molecule has 2 N–H and O–H groups in total. The van der Waals surface area contributed by atoms with Gasteiger partial charge in [-0.3, -0.25) is 28.6 Å². The molecule has 4 heterocycles. The Morgan fingerprint density at radius 2 is 1.65 bits per heavy atom. The molecule has 6 rings (SSSR count). The third-order valence-corrected chi connectivity index (χ3v) is 10.9. The van der Waals surface area contributed by atoms with Crippen molar-refractivity contribution in [3.05, 3.63) is 103 Å². The highest BCUT2D eigenvalue weighted by Crippen LogP contribution is 2.44. The number of hydrogen-bond donors (Lipinski definition) is 2. The number of aromatic nitrogens is 3. The average Bonchev–Trinajstić information content (AvgIpc) is 3.66. The van der Waals surface area contributed by atoms with E-state index in [4.69, 9.17) is 11.6 Å². The van der Waals surface area contributed by atoms with Crippen molar-refractivity contribution in [2.75, 3.05) is 6.54 Å². The first-order valence-corrected chi connectivity index (χ1v) is 18.5. The van der Waals surface area contributed by atoms with Crippen LogP contribution in [-0.2, 0) is 16.1 Å². The minimum absolute atomic E-state index is 0.0803. The number of unbranched alkanes of at least 4 members (excludes halogenated alkanes) is 2. The first kappa shape index (κ1) is 36.2. The Morgan fingerprint density at radius 3 is 2.37 bits per heavy atom. The molecule has 266 valence electrons. The number of aryl methyl sites for hydroxylation is 2. The largest absolute Gasteiger partial charge is 0.356 e. The summed E-state index contributed by atoms with van der Waals surface area (Å²) >= 11 is 7.94. The molecular weight excluding hydrogens is 684 g/mol. The van der Waals surface area contributed by atoms with Crippen LogP contribution in [0.5, 0.6) is 0 Å². The number of hydrogen-bond acceptors (Lipinski definition) is 7. The maximum atomic E-state index is 13.3. The number of thiophene rings is 1. The molecule has 2 aromatic carbocycles. The molecule has 0 spiro atoms. The molecule has 0 fully saturated rings. The van der Waals surface area contributed by atoms with Crippen LogP contribution in [0, 0.1) is 20.8 Å². The SMILES string of the molecule is Cc1sc2c(c1C)C(c1ccc(Cl)cc1)=C[C@@H](CC(=O)NCCCCCC(=O)NCc1cccc3c1C(=O)N(C(C)(C)C)C3=O)c1nnc(C)n1-2. The van der Waals surface area contributed by atoms with Gasteiger partial charge >= 0.3 is 0 Å². The number of amides is 4. The lowest BCUT2D eigenvalue weighted by Gasteiger charge is -2.29. The van der Waals surface area contributed by atoms with E-state index in [0.29, 0.717) is 41.1 Å². The van der Waals surface area contributed by atoms with Crippen LogP contribution in [0.4, 0.5) is 0 Å². The summed E-state index contributed by atoms with van der Waals surface area (Å²) in [7, 11) is 0. The van der Waals surface area contributed by atoms with E-state index >= 15 is 0 Å². The third-order valence-electron chi connectivity index (χ3n) is 9.50. The predicted molar refractivity (Wildman–Crippen MR) is 199 cm³/mol. The molecule has 0 bridgehead atoms. The van der Waals surface area contributed by atoms with Crippen LogP contribution < -0.4 is 10.6 Å². The van der Waals surface area contributed by atoms with E-state index in [9.17, 15) is 19.2 Å². The zero-order valence-electron chi connectivity index (χ0n) is 29.9. The van der Waals surface area contributed by atoms with Gasteiger partial charge in [-0.15, -0.1) is 21.5 Å². The van der Waals surface area contributed by atoms with Crippen LogP contribution in [0.1, 0.15) is 118 Å². The summed E-state index contributed by atoms with van der Waals surface area (Å²) in [5.74, 6) is 0.371. The molecule has 0 saturated carbocycles. The first-order chi connectivity index (χ1) is 24.3. The van der Waals surface area contributed by atoms with Gasteiger partial charge in [0, 0.05) is 52.9 Å². The van der Waals surface area contributed by atoms with E-state index < -0.39 is 5.54 Å². The highest BCUT2D eigenvalue weighted by atomic mass is 35.5. The van der Waals surface area contributed by atoms with Gasteiger partial charge in [0.1, 0.15) is 16.6 Å². The number of fused-ring (bicyclic) bond motifs is 4. The topological polar surface area (TPSA) is 126 Å². The number of carbonyl (C=O) groups excluding carboxylic acids is 4. The molecule has 10 nitrogen and oxygen atoms in total. The second kappa shape index (κ2) is 14.6. The van der Waals surface area contributed by atoms with E-state index in [1.165, 1.54) is 15.3 Å². The van der Waals surface area contributed by atoms with E-state index in [-0.39, 0.29) is 42.5 Å². The standard InChI is InChI=1S/C39H43ClN6O4S/c1-22-23(2)51-38-33(22)30(25-14-16-28(40)17-15-25)19-27(35-44-43-24(3)45(35)38)20-32(48)41-18-9-7-8-13-31(47)42-21-26-11-10-12-29-34(26)37(50)46(36(29)49)39(4,5)6/h10-12,14-17,19,27H,7-9,13,18,20-21H2,1-6H3,(H,41,48)(H,42,47)/t27-/m0/s1. The second-order valence-corrected chi connectivity index (χ2v) is 15.8. The Labute approximate surface area is 307 Å². The number of allylic oxidation sites excluding steroid dienone is 1. The molecule has 2 aromatic heterocycles. The molecule has 4 aromatic rings. The van der Waals surface area contributed by atoms with E-state index in [0.717, 1.165) is 46.2 Å². The molecule has 0 saturated heterocycles. The van der Waals surface area contributed by atoms with Gasteiger partial charge in [0.25, 0.3) is 11.8 Å². The van der Waals surface area contributed by atoms with Gasteiger partial charge in [-0.25, -0.2) is 0 Å². The smallest absolute Gasteiger partial charge is 0.262 e. The zero-order chi connectivity index (χ0) is 36.6. The van der Waals surface area contributed by atoms with Gasteiger partial charge in [-0.05, 0) is 94.8 Å². The lowest BCUT2D eigenvalue weighted by Crippen LogP contribution is -2.45. The molecule has 12 heteroatoms. The minimum atomic E-state index is -0.645. The van der Waals surface area contributed by atoms with Crippen molar-refractivity contribution in [2.24, 2.45) is 0 Å². The van der Waals surface area contributed by atoms with Gasteiger partial charge in [-0.1, -0.05) is 48.4 Å². The van der Waals surface area contributed by atoms with Crippen molar-refractivity contribution in [3.8, 4) is 5.00 Å². The maximum Gasteiger partial charge on any atom is 0.262 e. The summed E-state index contributed by atoms with van der Waals surface area (Å²) in [4.78, 5) is 54.4. The Morgan fingerprint density at radius 1 is 0.902 bits per heavy atom. The molecule has 1 atom stereocenters. The number of benzene rings is 2. The molecule has 2 aliphatic rings. The van der Waals surface area contributed by atoms with E-state index in [2.05, 4.69) is 45.3 Å². The van der Waals surface area contributed by atoms with Crippen molar-refractivity contribution in [1.82, 2.24) is 30.3 Å². The lowest BCUT2D eigenvalue weighted by atomic mass is 9.92. The Hall–Kier alpha value is -4.61. The fourth-order valence-corrected chi connectivity index (χ4v) is 8.17. The van der Waals surface area contributed by atoms with Gasteiger partial charge in [-0.2, -0.15) is 0 Å². The zero-order valence-corrected chi connectivity index (χ0v) is 31.4. The number of carbonyl (C=O) groups is 4. The molecule has 4 amide bonds. The number of rotatable bonds is 11. The normalized spacial score (nSPS) is 15.2. The molecule has 0 unspecified atom stereocenters. The number of nitrogens with zero attached hydrogens (tertiary/aromatic N) is 4. The van der Waals surface area contributed by atoms with Crippen molar-refractivity contribution in [3.63, 3.8) is 0 Å². The second-order valence-electron chi connectivity index (χ2n) is 14.2. The summed E-state index contributed by atoms with van der Waals surface area (Å²) in [6, 6.07) is 13.0. The summed E-state index contributed by atoms with van der Waals surface area (Å²) in [5.41, 5.74) is 5.12. The van der Waals surface area contributed by atoms with Crippen molar-refractivity contribution < 1.29 is 19.2 Å². The minimum Gasteiger partial charge on any atom is -0.356 e. The number of nitrogens with one attached hydrogen (secondary N) is 2. The van der Waals surface area contributed by atoms with Crippen molar-refractivity contribution in [1.29, 1.82) is 0 Å². The molecule has 2 aliphatic heterocycles. The van der Waals surface area contributed by atoms with Gasteiger partial charge < -0.3 is 10.6 Å². The summed E-state index contributed by atoms with van der Waals surface area (Å²) in [6.45, 7) is 12.3. The number of imide groups is 1. The summed E-state index contributed by atoms with van der Waals surface area (Å²) in [5, 5.41) is 16.6. The van der Waals surface area contributed by atoms with Gasteiger partial charge in [0.2, 0.25) is 11.8 Å². The quantitative estimate of drug-likeness (QED) is 0.124. The van der Waals surface area contributed by atoms with Crippen LogP contribution in [0.15, 0.2) is 48.5 Å².